The first-order chi connectivity index (χ1) is 14.1. The molecule has 0 spiro atoms. The van der Waals surface area contributed by atoms with Gasteiger partial charge in [-0.2, -0.15) is 5.26 Å². The molecule has 0 aliphatic heterocycles. The first kappa shape index (κ1) is 20.0. The Hall–Kier alpha value is -3.78. The predicted octanol–water partition coefficient (Wildman–Crippen LogP) is 4.64. The minimum Gasteiger partial charge on any atom is -0.497 e. The van der Waals surface area contributed by atoms with E-state index in [1.807, 2.05) is 73.7 Å². The normalized spacial score (nSPS) is 12.1. The summed E-state index contributed by atoms with van der Waals surface area (Å²) in [5.41, 5.74) is 1.62. The third-order valence-corrected chi connectivity index (χ3v) is 4.75. The van der Waals surface area contributed by atoms with Crippen molar-refractivity contribution in [2.24, 2.45) is 0 Å². The fourth-order valence-corrected chi connectivity index (χ4v) is 3.15. The number of fused-ring (bicyclic) bond motifs is 1. The molecule has 0 aromatic heterocycles. The summed E-state index contributed by atoms with van der Waals surface area (Å²) in [4.78, 5) is 12.8. The molecule has 3 aromatic rings. The summed E-state index contributed by atoms with van der Waals surface area (Å²) in [6.45, 7) is 1.88. The molecule has 29 heavy (non-hydrogen) atoms. The van der Waals surface area contributed by atoms with Crippen LogP contribution >= 0.6 is 0 Å². The van der Waals surface area contributed by atoms with Gasteiger partial charge in [-0.05, 0) is 47.5 Å². The van der Waals surface area contributed by atoms with Crippen LogP contribution in [0.3, 0.4) is 0 Å². The molecule has 1 N–H and O–H groups in total. The van der Waals surface area contributed by atoms with Gasteiger partial charge in [-0.1, -0.05) is 42.5 Å². The van der Waals surface area contributed by atoms with Gasteiger partial charge in [-0.3, -0.25) is 4.79 Å². The lowest BCUT2D eigenvalue weighted by molar-refractivity contribution is -0.117. The van der Waals surface area contributed by atoms with Crippen LogP contribution in [0.5, 0.6) is 11.5 Å². The van der Waals surface area contributed by atoms with Gasteiger partial charge < -0.3 is 14.8 Å². The molecule has 0 saturated carbocycles. The van der Waals surface area contributed by atoms with Crippen LogP contribution in [0, 0.1) is 11.3 Å². The lowest BCUT2D eigenvalue weighted by atomic mass is 10.0. The van der Waals surface area contributed by atoms with E-state index in [2.05, 4.69) is 5.32 Å². The Bertz CT molecular complexity index is 1090. The Morgan fingerprint density at radius 1 is 1.07 bits per heavy atom. The quantitative estimate of drug-likeness (QED) is 0.495. The van der Waals surface area contributed by atoms with Crippen LogP contribution in [0.2, 0.25) is 0 Å². The van der Waals surface area contributed by atoms with Gasteiger partial charge in [0, 0.05) is 5.56 Å². The summed E-state index contributed by atoms with van der Waals surface area (Å²) in [5.74, 6) is 0.814. The topological polar surface area (TPSA) is 71.3 Å². The number of ether oxygens (including phenoxy) is 2. The van der Waals surface area contributed by atoms with E-state index in [0.717, 1.165) is 16.3 Å². The zero-order valence-electron chi connectivity index (χ0n) is 16.6. The molecule has 1 amide bonds. The van der Waals surface area contributed by atoms with Gasteiger partial charge in [-0.15, -0.1) is 0 Å². The van der Waals surface area contributed by atoms with Gasteiger partial charge in [0.05, 0.1) is 20.3 Å². The minimum atomic E-state index is -0.439. The van der Waals surface area contributed by atoms with Crippen molar-refractivity contribution in [3.05, 3.63) is 77.4 Å². The Balaban J connectivity index is 2.01. The summed E-state index contributed by atoms with van der Waals surface area (Å²) in [6, 6.07) is 20.8. The van der Waals surface area contributed by atoms with Crippen LogP contribution in [0.15, 0.2) is 66.2 Å². The van der Waals surface area contributed by atoms with Crippen molar-refractivity contribution in [1.82, 2.24) is 5.32 Å². The van der Waals surface area contributed by atoms with Gasteiger partial charge in [-0.25, -0.2) is 0 Å². The van der Waals surface area contributed by atoms with Gasteiger partial charge >= 0.3 is 0 Å². The molecule has 0 saturated heterocycles. The smallest absolute Gasteiger partial charge is 0.262 e. The second kappa shape index (κ2) is 8.94. The van der Waals surface area contributed by atoms with Crippen molar-refractivity contribution in [1.29, 1.82) is 5.26 Å². The molecule has 0 bridgehead atoms. The Morgan fingerprint density at radius 2 is 1.79 bits per heavy atom. The van der Waals surface area contributed by atoms with E-state index in [4.69, 9.17) is 9.47 Å². The molecule has 0 aliphatic carbocycles. The van der Waals surface area contributed by atoms with E-state index in [9.17, 15) is 10.1 Å². The van der Waals surface area contributed by atoms with Crippen molar-refractivity contribution in [2.45, 2.75) is 13.0 Å². The molecule has 0 fully saturated rings. The highest BCUT2D eigenvalue weighted by atomic mass is 16.5. The maximum absolute atomic E-state index is 12.8. The van der Waals surface area contributed by atoms with Crippen LogP contribution in [-0.4, -0.2) is 20.1 Å². The van der Waals surface area contributed by atoms with Crippen LogP contribution in [0.4, 0.5) is 0 Å². The van der Waals surface area contributed by atoms with Crippen molar-refractivity contribution >= 4 is 22.8 Å². The zero-order chi connectivity index (χ0) is 20.8. The highest BCUT2D eigenvalue weighted by Gasteiger charge is 2.16. The average Bonchev–Trinajstić information content (AvgIpc) is 2.77. The highest BCUT2D eigenvalue weighted by Crippen LogP contribution is 2.32. The monoisotopic (exact) mass is 386 g/mol. The highest BCUT2D eigenvalue weighted by molar-refractivity contribution is 6.05. The SMILES string of the molecule is COc1ccc2ccc(OC)c(/C=C(/C#N)C(=O)N[C@H](C)c3ccccc3)c2c1. The lowest BCUT2D eigenvalue weighted by Crippen LogP contribution is -2.27. The van der Waals surface area contributed by atoms with E-state index >= 15 is 0 Å². The van der Waals surface area contributed by atoms with Crippen molar-refractivity contribution < 1.29 is 14.3 Å². The standard InChI is InChI=1S/C24H22N2O3/c1-16(17-7-5-4-6-8-17)26-24(27)19(15-25)13-22-21-14-20(28-2)11-9-18(21)10-12-23(22)29-3/h4-14,16H,1-3H3,(H,26,27)/b19-13-/t16-/m1/s1. The predicted molar refractivity (Wildman–Crippen MR) is 114 cm³/mol. The second-order valence-electron chi connectivity index (χ2n) is 6.54. The number of rotatable bonds is 6. The third-order valence-electron chi connectivity index (χ3n) is 4.75. The average molecular weight is 386 g/mol. The molecule has 0 aliphatic rings. The second-order valence-corrected chi connectivity index (χ2v) is 6.54. The molecule has 0 unspecified atom stereocenters. The van der Waals surface area contributed by atoms with Crippen molar-refractivity contribution in [3.8, 4) is 17.6 Å². The van der Waals surface area contributed by atoms with E-state index in [-0.39, 0.29) is 11.6 Å². The molecule has 3 rings (SSSR count). The summed E-state index contributed by atoms with van der Waals surface area (Å²) >= 11 is 0. The number of methoxy groups -OCH3 is 2. The number of benzene rings is 3. The molecular formula is C24H22N2O3. The van der Waals surface area contributed by atoms with E-state index in [1.54, 1.807) is 20.3 Å². The first-order valence-electron chi connectivity index (χ1n) is 9.19. The van der Waals surface area contributed by atoms with Gasteiger partial charge in [0.15, 0.2) is 0 Å². The van der Waals surface area contributed by atoms with Crippen LogP contribution in [-0.2, 0) is 4.79 Å². The number of hydrogen-bond acceptors (Lipinski definition) is 4. The number of hydrogen-bond donors (Lipinski definition) is 1. The summed E-state index contributed by atoms with van der Waals surface area (Å²) in [6.07, 6.45) is 1.56. The molecule has 3 aromatic carbocycles. The number of carbonyl (C=O) groups is 1. The number of nitrogens with one attached hydrogen (secondary N) is 1. The van der Waals surface area contributed by atoms with Crippen LogP contribution in [0.25, 0.3) is 16.8 Å². The fourth-order valence-electron chi connectivity index (χ4n) is 3.15. The Kier molecular flexibility index (Phi) is 6.16. The molecular weight excluding hydrogens is 364 g/mol. The van der Waals surface area contributed by atoms with Crippen molar-refractivity contribution in [3.63, 3.8) is 0 Å². The maximum atomic E-state index is 12.8. The summed E-state index contributed by atoms with van der Waals surface area (Å²) in [7, 11) is 3.15. The molecule has 5 heteroatoms. The summed E-state index contributed by atoms with van der Waals surface area (Å²) in [5, 5.41) is 14.3. The lowest BCUT2D eigenvalue weighted by Gasteiger charge is -2.14. The molecule has 0 heterocycles. The first-order valence-corrected chi connectivity index (χ1v) is 9.19. The van der Waals surface area contributed by atoms with Crippen LogP contribution in [0.1, 0.15) is 24.1 Å². The maximum Gasteiger partial charge on any atom is 0.262 e. The Morgan fingerprint density at radius 3 is 2.45 bits per heavy atom. The minimum absolute atomic E-state index is 0.00130. The number of nitrogens with zero attached hydrogens (tertiary/aromatic N) is 1. The number of carbonyl (C=O) groups excluding carboxylic acids is 1. The largest absolute Gasteiger partial charge is 0.497 e. The molecule has 146 valence electrons. The van der Waals surface area contributed by atoms with Gasteiger partial charge in [0.1, 0.15) is 23.1 Å². The molecule has 1 atom stereocenters. The number of amides is 1. The van der Waals surface area contributed by atoms with E-state index in [1.165, 1.54) is 0 Å². The van der Waals surface area contributed by atoms with E-state index in [0.29, 0.717) is 17.1 Å². The fraction of sp³-hybridized carbons (Fsp3) is 0.167. The Labute approximate surface area is 170 Å². The number of nitriles is 1. The molecule has 0 radical (unpaired) electrons. The molecule has 5 nitrogen and oxygen atoms in total. The van der Waals surface area contributed by atoms with Gasteiger partial charge in [0.25, 0.3) is 5.91 Å². The van der Waals surface area contributed by atoms with Crippen LogP contribution < -0.4 is 14.8 Å². The van der Waals surface area contributed by atoms with Crippen molar-refractivity contribution in [2.75, 3.05) is 14.2 Å². The van der Waals surface area contributed by atoms with E-state index < -0.39 is 5.91 Å². The summed E-state index contributed by atoms with van der Waals surface area (Å²) < 4.78 is 10.8. The van der Waals surface area contributed by atoms with Gasteiger partial charge in [0.2, 0.25) is 0 Å². The zero-order valence-corrected chi connectivity index (χ0v) is 16.6. The third kappa shape index (κ3) is 4.39.